The standard InChI is InChI=1S/C21H19N3O5/c1-12-7-8-16-19(27)17(21(28)29-3)10-24(20(16)22-12)11-18(26)23-15-6-4-5-14(9-15)13(2)25/h4-10H,11H2,1-3H3,(H,23,26). The summed E-state index contributed by atoms with van der Waals surface area (Å²) in [7, 11) is 1.18. The first-order valence-electron chi connectivity index (χ1n) is 8.80. The number of pyridine rings is 2. The Morgan fingerprint density at radius 2 is 1.93 bits per heavy atom. The number of hydrogen-bond acceptors (Lipinski definition) is 6. The molecule has 0 saturated carbocycles. The van der Waals surface area contributed by atoms with Crippen LogP contribution in [0.25, 0.3) is 11.0 Å². The third-order valence-corrected chi connectivity index (χ3v) is 4.33. The average Bonchev–Trinajstić information content (AvgIpc) is 2.69. The summed E-state index contributed by atoms with van der Waals surface area (Å²) in [6.07, 6.45) is 1.27. The van der Waals surface area contributed by atoms with E-state index in [-0.39, 0.29) is 28.9 Å². The molecule has 0 atom stereocenters. The van der Waals surface area contributed by atoms with E-state index in [4.69, 9.17) is 0 Å². The van der Waals surface area contributed by atoms with Gasteiger partial charge in [-0.2, -0.15) is 0 Å². The molecule has 148 valence electrons. The minimum atomic E-state index is -0.791. The van der Waals surface area contributed by atoms with Crippen molar-refractivity contribution in [3.05, 3.63) is 69.6 Å². The van der Waals surface area contributed by atoms with Crippen LogP contribution >= 0.6 is 0 Å². The van der Waals surface area contributed by atoms with Crippen molar-refractivity contribution in [3.8, 4) is 0 Å². The fourth-order valence-corrected chi connectivity index (χ4v) is 2.91. The number of nitrogens with one attached hydrogen (secondary N) is 1. The van der Waals surface area contributed by atoms with Gasteiger partial charge in [-0.15, -0.1) is 0 Å². The van der Waals surface area contributed by atoms with Crippen LogP contribution < -0.4 is 10.7 Å². The Morgan fingerprint density at radius 1 is 1.17 bits per heavy atom. The van der Waals surface area contributed by atoms with Crippen molar-refractivity contribution >= 4 is 34.4 Å². The number of ether oxygens (including phenoxy) is 1. The Hall–Kier alpha value is -3.81. The van der Waals surface area contributed by atoms with Gasteiger partial charge in [0.05, 0.1) is 12.5 Å². The number of esters is 1. The van der Waals surface area contributed by atoms with Crippen molar-refractivity contribution in [2.24, 2.45) is 0 Å². The summed E-state index contributed by atoms with van der Waals surface area (Å²) >= 11 is 0. The number of benzene rings is 1. The van der Waals surface area contributed by atoms with Gasteiger partial charge in [-0.25, -0.2) is 9.78 Å². The summed E-state index contributed by atoms with van der Waals surface area (Å²) in [6, 6.07) is 9.78. The monoisotopic (exact) mass is 393 g/mol. The molecule has 3 aromatic rings. The Labute approximate surface area is 166 Å². The van der Waals surface area contributed by atoms with Crippen molar-refractivity contribution in [2.45, 2.75) is 20.4 Å². The number of Topliss-reactive ketones (excluding diaryl/α,β-unsaturated/α-hetero) is 1. The predicted octanol–water partition coefficient (Wildman–Crippen LogP) is 2.33. The topological polar surface area (TPSA) is 107 Å². The number of nitrogens with zero attached hydrogens (tertiary/aromatic N) is 2. The van der Waals surface area contributed by atoms with Gasteiger partial charge in [0.1, 0.15) is 17.8 Å². The lowest BCUT2D eigenvalue weighted by atomic mass is 10.1. The number of fused-ring (bicyclic) bond motifs is 1. The van der Waals surface area contributed by atoms with Crippen LogP contribution in [0.5, 0.6) is 0 Å². The normalized spacial score (nSPS) is 10.6. The van der Waals surface area contributed by atoms with Gasteiger partial charge in [-0.3, -0.25) is 14.4 Å². The molecule has 3 rings (SSSR count). The fourth-order valence-electron chi connectivity index (χ4n) is 2.91. The number of rotatable bonds is 5. The first-order valence-corrected chi connectivity index (χ1v) is 8.80. The number of anilines is 1. The van der Waals surface area contributed by atoms with Crippen LogP contribution in [0.4, 0.5) is 5.69 Å². The smallest absolute Gasteiger partial charge is 0.343 e. The molecule has 1 N–H and O–H groups in total. The third-order valence-electron chi connectivity index (χ3n) is 4.33. The van der Waals surface area contributed by atoms with E-state index in [0.29, 0.717) is 16.9 Å². The average molecular weight is 393 g/mol. The van der Waals surface area contributed by atoms with Gasteiger partial charge in [0.25, 0.3) is 0 Å². The van der Waals surface area contributed by atoms with Gasteiger partial charge in [0.15, 0.2) is 5.78 Å². The van der Waals surface area contributed by atoms with Crippen molar-refractivity contribution in [2.75, 3.05) is 12.4 Å². The van der Waals surface area contributed by atoms with E-state index in [2.05, 4.69) is 15.0 Å². The van der Waals surface area contributed by atoms with Gasteiger partial charge in [0.2, 0.25) is 11.3 Å². The number of methoxy groups -OCH3 is 1. The highest BCUT2D eigenvalue weighted by Gasteiger charge is 2.18. The third kappa shape index (κ3) is 4.21. The van der Waals surface area contributed by atoms with Crippen LogP contribution in [0.2, 0.25) is 0 Å². The number of carbonyl (C=O) groups excluding carboxylic acids is 3. The first-order chi connectivity index (χ1) is 13.8. The molecule has 1 amide bonds. The zero-order chi connectivity index (χ0) is 21.1. The molecular formula is C21H19N3O5. The molecule has 0 spiro atoms. The second-order valence-corrected chi connectivity index (χ2v) is 6.50. The molecule has 0 aliphatic rings. The maximum absolute atomic E-state index is 12.6. The van der Waals surface area contributed by atoms with E-state index in [9.17, 15) is 19.2 Å². The molecule has 0 radical (unpaired) electrons. The van der Waals surface area contributed by atoms with Gasteiger partial charge >= 0.3 is 5.97 Å². The SMILES string of the molecule is COC(=O)c1cn(CC(=O)Nc2cccc(C(C)=O)c2)c2nc(C)ccc2c1=O. The number of carbonyl (C=O) groups is 3. The molecule has 8 nitrogen and oxygen atoms in total. The molecule has 0 bridgehead atoms. The van der Waals surface area contributed by atoms with Gasteiger partial charge in [0, 0.05) is 23.1 Å². The largest absolute Gasteiger partial charge is 0.465 e. The fraction of sp³-hybridized carbons (Fsp3) is 0.190. The van der Waals surface area contributed by atoms with Crippen LogP contribution in [0.3, 0.4) is 0 Å². The van der Waals surface area contributed by atoms with Crippen molar-refractivity contribution in [1.82, 2.24) is 9.55 Å². The minimum Gasteiger partial charge on any atom is -0.465 e. The molecule has 29 heavy (non-hydrogen) atoms. The number of ketones is 1. The lowest BCUT2D eigenvalue weighted by Crippen LogP contribution is -2.25. The van der Waals surface area contributed by atoms with Crippen molar-refractivity contribution in [1.29, 1.82) is 0 Å². The van der Waals surface area contributed by atoms with Crippen LogP contribution in [0, 0.1) is 6.92 Å². The lowest BCUT2D eigenvalue weighted by molar-refractivity contribution is -0.116. The summed E-state index contributed by atoms with van der Waals surface area (Å²) < 4.78 is 6.11. The van der Waals surface area contributed by atoms with E-state index >= 15 is 0 Å². The molecule has 0 unspecified atom stereocenters. The maximum Gasteiger partial charge on any atom is 0.343 e. The highest BCUT2D eigenvalue weighted by atomic mass is 16.5. The number of amides is 1. The Bertz CT molecular complexity index is 1200. The first kappa shape index (κ1) is 19.9. The minimum absolute atomic E-state index is 0.116. The van der Waals surface area contributed by atoms with Gasteiger partial charge < -0.3 is 14.6 Å². The van der Waals surface area contributed by atoms with Crippen molar-refractivity contribution < 1.29 is 19.1 Å². The molecule has 2 heterocycles. The van der Waals surface area contributed by atoms with Crippen LogP contribution in [-0.4, -0.2) is 34.3 Å². The van der Waals surface area contributed by atoms with Gasteiger partial charge in [-0.05, 0) is 38.1 Å². The molecule has 8 heteroatoms. The van der Waals surface area contributed by atoms with Crippen LogP contribution in [-0.2, 0) is 16.1 Å². The van der Waals surface area contributed by atoms with Crippen molar-refractivity contribution in [3.63, 3.8) is 0 Å². The molecule has 0 aliphatic heterocycles. The summed E-state index contributed by atoms with van der Waals surface area (Å²) in [4.78, 5) is 53.0. The highest BCUT2D eigenvalue weighted by molar-refractivity contribution is 5.97. The second-order valence-electron chi connectivity index (χ2n) is 6.50. The van der Waals surface area contributed by atoms with Crippen LogP contribution in [0.15, 0.2) is 47.4 Å². The molecule has 0 fully saturated rings. The Kier molecular flexibility index (Phi) is 5.54. The van der Waals surface area contributed by atoms with E-state index < -0.39 is 17.3 Å². The number of hydrogen-bond donors (Lipinski definition) is 1. The summed E-state index contributed by atoms with van der Waals surface area (Å²) in [6.45, 7) is 3.01. The second kappa shape index (κ2) is 8.05. The zero-order valence-electron chi connectivity index (χ0n) is 16.2. The molecule has 1 aromatic carbocycles. The zero-order valence-corrected chi connectivity index (χ0v) is 16.2. The Balaban J connectivity index is 1.99. The highest BCUT2D eigenvalue weighted by Crippen LogP contribution is 2.14. The van der Waals surface area contributed by atoms with E-state index in [0.717, 1.165) is 0 Å². The maximum atomic E-state index is 12.6. The number of aryl methyl sites for hydroxylation is 1. The lowest BCUT2D eigenvalue weighted by Gasteiger charge is -2.13. The number of aromatic nitrogens is 2. The molecule has 0 saturated heterocycles. The van der Waals surface area contributed by atoms with E-state index in [1.807, 2.05) is 0 Å². The molecule has 2 aromatic heterocycles. The van der Waals surface area contributed by atoms with E-state index in [1.165, 1.54) is 24.8 Å². The summed E-state index contributed by atoms with van der Waals surface area (Å²) in [5.74, 6) is -1.31. The molecular weight excluding hydrogens is 374 g/mol. The summed E-state index contributed by atoms with van der Waals surface area (Å²) in [5, 5.41) is 2.92. The summed E-state index contributed by atoms with van der Waals surface area (Å²) in [5.41, 5.74) is 1.19. The van der Waals surface area contributed by atoms with Crippen LogP contribution in [0.1, 0.15) is 33.3 Å². The van der Waals surface area contributed by atoms with E-state index in [1.54, 1.807) is 43.3 Å². The predicted molar refractivity (Wildman–Crippen MR) is 107 cm³/mol. The van der Waals surface area contributed by atoms with Gasteiger partial charge in [-0.1, -0.05) is 12.1 Å². The Morgan fingerprint density at radius 3 is 2.62 bits per heavy atom. The molecule has 0 aliphatic carbocycles. The quantitative estimate of drug-likeness (QED) is 0.527.